The first-order valence-electron chi connectivity index (χ1n) is 5.55. The first-order valence-corrected chi connectivity index (χ1v) is 5.92. The summed E-state index contributed by atoms with van der Waals surface area (Å²) >= 11 is 5.99. The average molecular weight is 270 g/mol. The van der Waals surface area contributed by atoms with Crippen LogP contribution < -0.4 is 11.1 Å². The van der Waals surface area contributed by atoms with Gasteiger partial charge in [-0.2, -0.15) is 0 Å². The van der Waals surface area contributed by atoms with E-state index in [0.717, 1.165) is 0 Å². The maximum Gasteiger partial charge on any atom is 0.255 e. The summed E-state index contributed by atoms with van der Waals surface area (Å²) in [5, 5.41) is 2.69. The number of carbonyl (C=O) groups is 2. The fourth-order valence-electron chi connectivity index (χ4n) is 1.46. The third kappa shape index (κ3) is 3.13. The molecule has 0 aliphatic carbocycles. The largest absolute Gasteiger partial charge is 0.398 e. The van der Waals surface area contributed by atoms with Crippen LogP contribution in [0.5, 0.6) is 0 Å². The van der Waals surface area contributed by atoms with Gasteiger partial charge in [0.05, 0.1) is 22.8 Å². The van der Waals surface area contributed by atoms with Crippen molar-refractivity contribution in [3.05, 3.63) is 28.8 Å². The summed E-state index contributed by atoms with van der Waals surface area (Å²) in [5.74, 6) is -0.538. The summed E-state index contributed by atoms with van der Waals surface area (Å²) < 4.78 is 0. The number of carbonyl (C=O) groups excluding carboxylic acids is 2. The number of halogens is 1. The minimum absolute atomic E-state index is 0.00301. The Bertz CT molecular complexity index is 463. The van der Waals surface area contributed by atoms with Crippen LogP contribution >= 0.6 is 11.6 Å². The van der Waals surface area contributed by atoms with Crippen LogP contribution in [0, 0.1) is 0 Å². The number of anilines is 1. The minimum Gasteiger partial charge on any atom is -0.398 e. The van der Waals surface area contributed by atoms with Crippen molar-refractivity contribution in [3.63, 3.8) is 0 Å². The molecular formula is C12H16ClN3O2. The molecule has 0 atom stereocenters. The molecule has 0 fully saturated rings. The van der Waals surface area contributed by atoms with E-state index in [1.54, 1.807) is 25.1 Å². The molecule has 0 aliphatic heterocycles. The summed E-state index contributed by atoms with van der Waals surface area (Å²) in [6.45, 7) is 2.20. The number of benzene rings is 1. The highest BCUT2D eigenvalue weighted by Crippen LogP contribution is 2.24. The molecule has 0 aromatic heterocycles. The Morgan fingerprint density at radius 3 is 2.67 bits per heavy atom. The second kappa shape index (κ2) is 6.26. The molecule has 5 nitrogen and oxygen atoms in total. The number of nitrogen functional groups attached to an aromatic ring is 1. The van der Waals surface area contributed by atoms with E-state index in [0.29, 0.717) is 17.8 Å². The molecule has 0 heterocycles. The number of rotatable bonds is 4. The van der Waals surface area contributed by atoms with Gasteiger partial charge in [0.25, 0.3) is 5.91 Å². The molecular weight excluding hydrogens is 254 g/mol. The van der Waals surface area contributed by atoms with Gasteiger partial charge in [0, 0.05) is 13.6 Å². The Morgan fingerprint density at radius 1 is 1.44 bits per heavy atom. The average Bonchev–Trinajstić information content (AvgIpc) is 2.38. The van der Waals surface area contributed by atoms with Gasteiger partial charge in [-0.15, -0.1) is 0 Å². The highest BCUT2D eigenvalue weighted by molar-refractivity contribution is 6.36. The number of nitrogens with two attached hydrogens (primary N) is 1. The molecule has 0 saturated carbocycles. The zero-order chi connectivity index (χ0) is 13.7. The molecule has 0 radical (unpaired) electrons. The lowest BCUT2D eigenvalue weighted by molar-refractivity contribution is -0.121. The van der Waals surface area contributed by atoms with Crippen molar-refractivity contribution < 1.29 is 9.59 Å². The van der Waals surface area contributed by atoms with Crippen molar-refractivity contribution >= 4 is 29.1 Å². The van der Waals surface area contributed by atoms with Crippen LogP contribution in [0.2, 0.25) is 5.02 Å². The molecule has 98 valence electrons. The number of nitrogens with one attached hydrogen (secondary N) is 1. The van der Waals surface area contributed by atoms with Crippen LogP contribution in [0.15, 0.2) is 18.2 Å². The van der Waals surface area contributed by atoms with Crippen LogP contribution in [0.3, 0.4) is 0 Å². The lowest BCUT2D eigenvalue weighted by atomic mass is 10.1. The molecule has 0 spiro atoms. The van der Waals surface area contributed by atoms with E-state index < -0.39 is 0 Å². The van der Waals surface area contributed by atoms with E-state index in [4.69, 9.17) is 17.3 Å². The van der Waals surface area contributed by atoms with Gasteiger partial charge in [0.15, 0.2) is 0 Å². The van der Waals surface area contributed by atoms with Gasteiger partial charge in [-0.3, -0.25) is 9.59 Å². The van der Waals surface area contributed by atoms with Crippen LogP contribution in [-0.2, 0) is 4.79 Å². The second-order valence-electron chi connectivity index (χ2n) is 3.70. The number of amides is 2. The van der Waals surface area contributed by atoms with E-state index in [-0.39, 0.29) is 23.4 Å². The molecule has 1 aromatic rings. The third-order valence-corrected chi connectivity index (χ3v) is 2.96. The van der Waals surface area contributed by atoms with Gasteiger partial charge in [-0.05, 0) is 19.1 Å². The number of hydrogen-bond acceptors (Lipinski definition) is 3. The van der Waals surface area contributed by atoms with E-state index in [9.17, 15) is 9.59 Å². The quantitative estimate of drug-likeness (QED) is 0.805. The van der Waals surface area contributed by atoms with Gasteiger partial charge in [-0.25, -0.2) is 0 Å². The van der Waals surface area contributed by atoms with Crippen molar-refractivity contribution in [3.8, 4) is 0 Å². The topological polar surface area (TPSA) is 75.4 Å². The van der Waals surface area contributed by atoms with Crippen molar-refractivity contribution in [1.82, 2.24) is 10.2 Å². The van der Waals surface area contributed by atoms with Gasteiger partial charge >= 0.3 is 0 Å². The number of likely N-dealkylation sites (N-methyl/N-ethyl adjacent to an activating group) is 2. The standard InChI is InChI=1S/C12H16ClN3O2/c1-3-16(7-10(17)15-2)12(18)8-5-4-6-9(14)11(8)13/h4-6H,3,7,14H2,1-2H3,(H,15,17). The molecule has 0 aliphatic rings. The van der Waals surface area contributed by atoms with E-state index in [1.807, 2.05) is 0 Å². The van der Waals surface area contributed by atoms with Crippen molar-refractivity contribution in [2.45, 2.75) is 6.92 Å². The van der Waals surface area contributed by atoms with Crippen molar-refractivity contribution in [1.29, 1.82) is 0 Å². The Balaban J connectivity index is 2.97. The van der Waals surface area contributed by atoms with Crippen molar-refractivity contribution in [2.75, 3.05) is 25.9 Å². The first-order chi connectivity index (χ1) is 8.51. The van der Waals surface area contributed by atoms with Gasteiger partial charge < -0.3 is 16.0 Å². The normalized spacial score (nSPS) is 9.94. The van der Waals surface area contributed by atoms with Gasteiger partial charge in [-0.1, -0.05) is 17.7 Å². The highest BCUT2D eigenvalue weighted by atomic mass is 35.5. The van der Waals surface area contributed by atoms with Crippen LogP contribution in [0.25, 0.3) is 0 Å². The Hall–Kier alpha value is -1.75. The lowest BCUT2D eigenvalue weighted by Crippen LogP contribution is -2.39. The molecule has 3 N–H and O–H groups in total. The van der Waals surface area contributed by atoms with Crippen LogP contribution in [-0.4, -0.2) is 36.9 Å². The maximum absolute atomic E-state index is 12.2. The van der Waals surface area contributed by atoms with E-state index in [2.05, 4.69) is 5.32 Å². The third-order valence-electron chi connectivity index (χ3n) is 2.54. The molecule has 1 aromatic carbocycles. The molecule has 0 unspecified atom stereocenters. The molecule has 18 heavy (non-hydrogen) atoms. The molecule has 6 heteroatoms. The summed E-state index contributed by atoms with van der Waals surface area (Å²) in [4.78, 5) is 24.9. The Kier molecular flexibility index (Phi) is 4.97. The smallest absolute Gasteiger partial charge is 0.255 e. The second-order valence-corrected chi connectivity index (χ2v) is 4.08. The van der Waals surface area contributed by atoms with Crippen molar-refractivity contribution in [2.24, 2.45) is 0 Å². The monoisotopic (exact) mass is 269 g/mol. The Morgan fingerprint density at radius 2 is 2.11 bits per heavy atom. The Labute approximate surface area is 111 Å². The zero-order valence-corrected chi connectivity index (χ0v) is 11.1. The minimum atomic E-state index is -0.307. The summed E-state index contributed by atoms with van der Waals surface area (Å²) in [6.07, 6.45) is 0. The summed E-state index contributed by atoms with van der Waals surface area (Å²) in [5.41, 5.74) is 6.30. The maximum atomic E-state index is 12.2. The van der Waals surface area contributed by atoms with Crippen LogP contribution in [0.1, 0.15) is 17.3 Å². The fraction of sp³-hybridized carbons (Fsp3) is 0.333. The molecule has 0 bridgehead atoms. The lowest BCUT2D eigenvalue weighted by Gasteiger charge is -2.20. The predicted molar refractivity (Wildman–Crippen MR) is 71.5 cm³/mol. The molecule has 1 rings (SSSR count). The number of hydrogen-bond donors (Lipinski definition) is 2. The fourth-order valence-corrected chi connectivity index (χ4v) is 1.67. The molecule has 2 amide bonds. The summed E-state index contributed by atoms with van der Waals surface area (Å²) in [7, 11) is 1.52. The predicted octanol–water partition coefficient (Wildman–Crippen LogP) is 1.13. The number of nitrogens with zero attached hydrogens (tertiary/aromatic N) is 1. The highest BCUT2D eigenvalue weighted by Gasteiger charge is 2.19. The van der Waals surface area contributed by atoms with Gasteiger partial charge in [0.1, 0.15) is 0 Å². The van der Waals surface area contributed by atoms with E-state index >= 15 is 0 Å². The summed E-state index contributed by atoms with van der Waals surface area (Å²) in [6, 6.07) is 4.86. The van der Waals surface area contributed by atoms with Gasteiger partial charge in [0.2, 0.25) is 5.91 Å². The first kappa shape index (κ1) is 14.3. The molecule has 0 saturated heterocycles. The van der Waals surface area contributed by atoms with E-state index in [1.165, 1.54) is 11.9 Å². The zero-order valence-electron chi connectivity index (χ0n) is 10.4. The SMILES string of the molecule is CCN(CC(=O)NC)C(=O)c1cccc(N)c1Cl. The van der Waals surface area contributed by atoms with Crippen LogP contribution in [0.4, 0.5) is 5.69 Å².